The van der Waals surface area contributed by atoms with Crippen LogP contribution in [0.15, 0.2) is 42.7 Å². The Morgan fingerprint density at radius 2 is 1.64 bits per heavy atom. The number of aromatic nitrogens is 4. The second kappa shape index (κ2) is 4.90. The van der Waals surface area contributed by atoms with Gasteiger partial charge in [-0.25, -0.2) is 9.36 Å². The summed E-state index contributed by atoms with van der Waals surface area (Å²) in [5.41, 5.74) is 7.00. The van der Waals surface area contributed by atoms with Gasteiger partial charge in [0.2, 0.25) is 0 Å². The standard InChI is InChI=1S/C14H12F3N5/c1-9-4-6-21(19-9)11-3-2-10(18)8-12(11)22-7-5-13(20-22)14(15,16)17/h2-8H,18H2,1H3. The fourth-order valence-electron chi connectivity index (χ4n) is 2.08. The van der Waals surface area contributed by atoms with Crippen molar-refractivity contribution >= 4 is 5.69 Å². The number of rotatable bonds is 2. The largest absolute Gasteiger partial charge is 0.435 e. The van der Waals surface area contributed by atoms with Gasteiger partial charge in [-0.3, -0.25) is 0 Å². The number of benzene rings is 1. The van der Waals surface area contributed by atoms with Gasteiger partial charge in [0.05, 0.1) is 17.1 Å². The molecule has 0 bridgehead atoms. The highest BCUT2D eigenvalue weighted by Crippen LogP contribution is 2.29. The van der Waals surface area contributed by atoms with Crippen LogP contribution >= 0.6 is 0 Å². The van der Waals surface area contributed by atoms with Crippen LogP contribution < -0.4 is 5.73 Å². The number of alkyl halides is 3. The number of nitrogens with zero attached hydrogens (tertiary/aromatic N) is 4. The summed E-state index contributed by atoms with van der Waals surface area (Å²) in [6.45, 7) is 1.82. The molecule has 2 N–H and O–H groups in total. The number of nitrogen functional groups attached to an aromatic ring is 1. The summed E-state index contributed by atoms with van der Waals surface area (Å²) in [7, 11) is 0. The van der Waals surface area contributed by atoms with Crippen LogP contribution in [0.1, 0.15) is 11.4 Å². The van der Waals surface area contributed by atoms with E-state index < -0.39 is 11.9 Å². The first-order chi connectivity index (χ1) is 10.3. The number of hydrogen-bond acceptors (Lipinski definition) is 3. The average Bonchev–Trinajstić information content (AvgIpc) is 3.06. The normalized spacial score (nSPS) is 11.8. The van der Waals surface area contributed by atoms with Gasteiger partial charge in [0, 0.05) is 18.1 Å². The van der Waals surface area contributed by atoms with Crippen molar-refractivity contribution in [1.82, 2.24) is 19.6 Å². The lowest BCUT2D eigenvalue weighted by Gasteiger charge is -2.11. The first-order valence-electron chi connectivity index (χ1n) is 6.40. The maximum atomic E-state index is 12.7. The van der Waals surface area contributed by atoms with Crippen molar-refractivity contribution in [3.8, 4) is 11.4 Å². The molecule has 22 heavy (non-hydrogen) atoms. The van der Waals surface area contributed by atoms with Crippen LogP contribution in [0.5, 0.6) is 0 Å². The molecule has 0 saturated carbocycles. The Labute approximate surface area is 123 Å². The van der Waals surface area contributed by atoms with E-state index >= 15 is 0 Å². The summed E-state index contributed by atoms with van der Waals surface area (Å²) in [5.74, 6) is 0. The Hall–Kier alpha value is -2.77. The van der Waals surface area contributed by atoms with Gasteiger partial charge >= 0.3 is 6.18 Å². The monoisotopic (exact) mass is 307 g/mol. The lowest BCUT2D eigenvalue weighted by Crippen LogP contribution is -2.09. The highest BCUT2D eigenvalue weighted by atomic mass is 19.4. The molecule has 0 aliphatic heterocycles. The molecule has 0 aliphatic rings. The Balaban J connectivity index is 2.14. The molecular formula is C14H12F3N5. The molecule has 3 rings (SSSR count). The van der Waals surface area contributed by atoms with Crippen molar-refractivity contribution in [2.45, 2.75) is 13.1 Å². The van der Waals surface area contributed by atoms with Crippen LogP contribution in [-0.2, 0) is 6.18 Å². The zero-order valence-electron chi connectivity index (χ0n) is 11.5. The SMILES string of the molecule is Cc1ccn(-c2ccc(N)cc2-n2ccc(C(F)(F)F)n2)n1. The third-order valence-corrected chi connectivity index (χ3v) is 3.10. The molecule has 3 aromatic rings. The fraction of sp³-hybridized carbons (Fsp3) is 0.143. The molecule has 0 radical (unpaired) electrons. The highest BCUT2D eigenvalue weighted by Gasteiger charge is 2.33. The molecule has 5 nitrogen and oxygen atoms in total. The number of hydrogen-bond donors (Lipinski definition) is 1. The van der Waals surface area contributed by atoms with Gasteiger partial charge in [0.1, 0.15) is 0 Å². The van der Waals surface area contributed by atoms with Gasteiger partial charge in [-0.05, 0) is 37.3 Å². The van der Waals surface area contributed by atoms with Crippen LogP contribution in [0.2, 0.25) is 0 Å². The Kier molecular flexibility index (Phi) is 3.16. The van der Waals surface area contributed by atoms with Crippen LogP contribution in [0.25, 0.3) is 11.4 Å². The minimum absolute atomic E-state index is 0.415. The summed E-state index contributed by atoms with van der Waals surface area (Å²) in [4.78, 5) is 0. The van der Waals surface area contributed by atoms with E-state index in [9.17, 15) is 13.2 Å². The first-order valence-corrected chi connectivity index (χ1v) is 6.40. The van der Waals surface area contributed by atoms with Gasteiger partial charge in [-0.2, -0.15) is 23.4 Å². The Morgan fingerprint density at radius 1 is 0.955 bits per heavy atom. The van der Waals surface area contributed by atoms with Crippen molar-refractivity contribution in [3.05, 3.63) is 54.1 Å². The van der Waals surface area contributed by atoms with E-state index in [2.05, 4.69) is 10.2 Å². The molecule has 8 heteroatoms. The third kappa shape index (κ3) is 2.54. The van der Waals surface area contributed by atoms with Crippen molar-refractivity contribution in [3.63, 3.8) is 0 Å². The fourth-order valence-corrected chi connectivity index (χ4v) is 2.08. The molecule has 0 unspecified atom stereocenters. The van der Waals surface area contributed by atoms with Crippen LogP contribution in [-0.4, -0.2) is 19.6 Å². The topological polar surface area (TPSA) is 61.7 Å². The van der Waals surface area contributed by atoms with E-state index in [0.29, 0.717) is 17.1 Å². The summed E-state index contributed by atoms with van der Waals surface area (Å²) in [6, 6.07) is 7.61. The first kappa shape index (κ1) is 14.2. The maximum absolute atomic E-state index is 12.7. The van der Waals surface area contributed by atoms with Gasteiger partial charge < -0.3 is 5.73 Å². The number of nitrogens with two attached hydrogens (primary N) is 1. The van der Waals surface area contributed by atoms with E-state index in [1.54, 1.807) is 35.1 Å². The third-order valence-electron chi connectivity index (χ3n) is 3.10. The average molecular weight is 307 g/mol. The van der Waals surface area contributed by atoms with E-state index in [1.165, 1.54) is 6.20 Å². The second-order valence-corrected chi connectivity index (χ2v) is 4.79. The van der Waals surface area contributed by atoms with Crippen molar-refractivity contribution in [2.24, 2.45) is 0 Å². The van der Waals surface area contributed by atoms with E-state index in [1.807, 2.05) is 6.92 Å². The molecule has 0 saturated heterocycles. The molecule has 2 heterocycles. The maximum Gasteiger partial charge on any atom is 0.435 e. The lowest BCUT2D eigenvalue weighted by molar-refractivity contribution is -0.141. The molecule has 0 amide bonds. The lowest BCUT2D eigenvalue weighted by atomic mass is 10.2. The molecule has 0 spiro atoms. The Morgan fingerprint density at radius 3 is 2.23 bits per heavy atom. The summed E-state index contributed by atoms with van der Waals surface area (Å²) < 4.78 is 40.8. The molecule has 0 atom stereocenters. The summed E-state index contributed by atoms with van der Waals surface area (Å²) in [5, 5.41) is 7.85. The number of halogens is 3. The minimum Gasteiger partial charge on any atom is -0.399 e. The van der Waals surface area contributed by atoms with Crippen LogP contribution in [0.3, 0.4) is 0 Å². The summed E-state index contributed by atoms with van der Waals surface area (Å²) in [6.07, 6.45) is -1.52. The van der Waals surface area contributed by atoms with Gasteiger partial charge in [-0.15, -0.1) is 0 Å². The van der Waals surface area contributed by atoms with Crippen molar-refractivity contribution < 1.29 is 13.2 Å². The zero-order chi connectivity index (χ0) is 15.9. The molecule has 114 valence electrons. The summed E-state index contributed by atoms with van der Waals surface area (Å²) >= 11 is 0. The highest BCUT2D eigenvalue weighted by molar-refractivity contribution is 5.59. The van der Waals surface area contributed by atoms with E-state index in [0.717, 1.165) is 16.4 Å². The number of anilines is 1. The number of aryl methyl sites for hydroxylation is 1. The van der Waals surface area contributed by atoms with Crippen LogP contribution in [0.4, 0.5) is 18.9 Å². The molecular weight excluding hydrogens is 295 g/mol. The van der Waals surface area contributed by atoms with Crippen molar-refractivity contribution in [2.75, 3.05) is 5.73 Å². The second-order valence-electron chi connectivity index (χ2n) is 4.79. The van der Waals surface area contributed by atoms with E-state index in [4.69, 9.17) is 5.73 Å². The molecule has 0 fully saturated rings. The molecule has 2 aromatic heterocycles. The Bertz CT molecular complexity index is 816. The van der Waals surface area contributed by atoms with Gasteiger partial charge in [0.25, 0.3) is 0 Å². The molecule has 1 aromatic carbocycles. The zero-order valence-corrected chi connectivity index (χ0v) is 11.5. The minimum atomic E-state index is -4.49. The molecule has 0 aliphatic carbocycles. The van der Waals surface area contributed by atoms with Gasteiger partial charge in [0.15, 0.2) is 5.69 Å². The predicted molar refractivity (Wildman–Crippen MR) is 74.8 cm³/mol. The predicted octanol–water partition coefficient (Wildman–Crippen LogP) is 2.97. The smallest absolute Gasteiger partial charge is 0.399 e. The van der Waals surface area contributed by atoms with Gasteiger partial charge in [-0.1, -0.05) is 0 Å². The van der Waals surface area contributed by atoms with Crippen LogP contribution in [0, 0.1) is 6.92 Å². The van der Waals surface area contributed by atoms with Crippen molar-refractivity contribution in [1.29, 1.82) is 0 Å². The van der Waals surface area contributed by atoms with E-state index in [-0.39, 0.29) is 0 Å². The quantitative estimate of drug-likeness (QED) is 0.740.